The van der Waals surface area contributed by atoms with Crippen LogP contribution in [-0.4, -0.2) is 54.7 Å². The average molecular weight is 251 g/mol. The molecule has 1 rings (SSSR count). The summed E-state index contributed by atoms with van der Waals surface area (Å²) in [4.78, 5) is 13.4. The molecule has 1 aliphatic heterocycles. The van der Waals surface area contributed by atoms with Gasteiger partial charge in [0, 0.05) is 6.54 Å². The van der Waals surface area contributed by atoms with E-state index < -0.39 is 13.0 Å². The molecule has 1 amide bonds. The molecule has 1 fully saturated rings. The van der Waals surface area contributed by atoms with Gasteiger partial charge in [0.05, 0.1) is 25.7 Å². The molecule has 0 bridgehead atoms. The van der Waals surface area contributed by atoms with Crippen LogP contribution in [0.1, 0.15) is 19.8 Å². The minimum atomic E-state index is -2.50. The largest absolute Gasteiger partial charge is 0.394 e. The molecule has 4 nitrogen and oxygen atoms in total. The maximum Gasteiger partial charge on any atom is 0.261 e. The van der Waals surface area contributed by atoms with Crippen molar-refractivity contribution in [2.24, 2.45) is 5.92 Å². The molecular weight excluding hydrogens is 232 g/mol. The van der Waals surface area contributed by atoms with Gasteiger partial charge >= 0.3 is 0 Å². The zero-order valence-corrected chi connectivity index (χ0v) is 9.94. The summed E-state index contributed by atoms with van der Waals surface area (Å²) in [5.74, 6) is 0.147. The number of likely N-dealkylation sites (tertiary alicyclic amines) is 1. The van der Waals surface area contributed by atoms with Crippen molar-refractivity contribution in [1.82, 2.24) is 4.90 Å². The lowest BCUT2D eigenvalue weighted by Gasteiger charge is -2.25. The molecule has 0 saturated carbocycles. The number of alkyl halides is 2. The van der Waals surface area contributed by atoms with Crippen LogP contribution in [0.2, 0.25) is 0 Å². The van der Waals surface area contributed by atoms with Gasteiger partial charge < -0.3 is 14.7 Å². The number of nitrogens with zero attached hydrogens (tertiary/aromatic N) is 1. The first-order chi connectivity index (χ1) is 8.06. The minimum Gasteiger partial charge on any atom is -0.394 e. The summed E-state index contributed by atoms with van der Waals surface area (Å²) in [6.45, 7) is 1.94. The second-order valence-electron chi connectivity index (χ2n) is 4.32. The van der Waals surface area contributed by atoms with E-state index in [2.05, 4.69) is 4.74 Å². The number of ether oxygens (including phenoxy) is 1. The van der Waals surface area contributed by atoms with Gasteiger partial charge in [-0.2, -0.15) is 0 Å². The van der Waals surface area contributed by atoms with Crippen LogP contribution < -0.4 is 0 Å². The molecule has 1 aliphatic rings. The van der Waals surface area contributed by atoms with Crippen molar-refractivity contribution in [1.29, 1.82) is 0 Å². The van der Waals surface area contributed by atoms with Crippen LogP contribution in [0.15, 0.2) is 0 Å². The van der Waals surface area contributed by atoms with Crippen molar-refractivity contribution >= 4 is 5.91 Å². The van der Waals surface area contributed by atoms with Crippen LogP contribution in [0.5, 0.6) is 0 Å². The Morgan fingerprint density at radius 1 is 1.59 bits per heavy atom. The maximum atomic E-state index is 11.8. The van der Waals surface area contributed by atoms with Crippen LogP contribution in [0, 0.1) is 5.92 Å². The van der Waals surface area contributed by atoms with Gasteiger partial charge in [-0.25, -0.2) is 8.78 Å². The fourth-order valence-electron chi connectivity index (χ4n) is 2.07. The number of amides is 1. The second kappa shape index (κ2) is 6.86. The van der Waals surface area contributed by atoms with E-state index in [0.29, 0.717) is 6.54 Å². The van der Waals surface area contributed by atoms with Crippen molar-refractivity contribution < 1.29 is 23.4 Å². The molecule has 2 atom stereocenters. The third kappa shape index (κ3) is 4.20. The Kier molecular flexibility index (Phi) is 5.77. The first-order valence-corrected chi connectivity index (χ1v) is 5.82. The van der Waals surface area contributed by atoms with E-state index in [-0.39, 0.29) is 37.5 Å². The summed E-state index contributed by atoms with van der Waals surface area (Å²) in [6.07, 6.45) is -1.53. The smallest absolute Gasteiger partial charge is 0.261 e. The molecule has 0 aromatic carbocycles. The van der Waals surface area contributed by atoms with E-state index in [4.69, 9.17) is 0 Å². The highest BCUT2D eigenvalue weighted by Gasteiger charge is 2.33. The van der Waals surface area contributed by atoms with Crippen LogP contribution in [-0.2, 0) is 9.53 Å². The first kappa shape index (κ1) is 14.3. The van der Waals surface area contributed by atoms with Crippen molar-refractivity contribution in [3.63, 3.8) is 0 Å². The standard InChI is InChI=1S/C11H19F2NO3/c1-8-2-4-14(9(8)6-15)11(16)3-5-17-7-10(12)13/h8-10,15H,2-7H2,1H3. The molecule has 1 heterocycles. The van der Waals surface area contributed by atoms with Gasteiger partial charge in [-0.1, -0.05) is 6.92 Å². The molecule has 17 heavy (non-hydrogen) atoms. The zero-order valence-electron chi connectivity index (χ0n) is 9.94. The number of hydrogen-bond acceptors (Lipinski definition) is 3. The number of halogens is 2. The minimum absolute atomic E-state index is 0.00615. The molecular formula is C11H19F2NO3. The summed E-state index contributed by atoms with van der Waals surface area (Å²) >= 11 is 0. The zero-order chi connectivity index (χ0) is 12.8. The monoisotopic (exact) mass is 251 g/mol. The fourth-order valence-corrected chi connectivity index (χ4v) is 2.07. The van der Waals surface area contributed by atoms with Crippen LogP contribution >= 0.6 is 0 Å². The normalized spacial score (nSPS) is 24.6. The third-order valence-electron chi connectivity index (χ3n) is 3.09. The van der Waals surface area contributed by atoms with E-state index in [1.54, 1.807) is 4.90 Å². The predicted molar refractivity (Wildman–Crippen MR) is 57.8 cm³/mol. The molecule has 2 unspecified atom stereocenters. The molecule has 0 aromatic rings. The first-order valence-electron chi connectivity index (χ1n) is 5.82. The highest BCUT2D eigenvalue weighted by Crippen LogP contribution is 2.23. The van der Waals surface area contributed by atoms with Crippen molar-refractivity contribution in [3.8, 4) is 0 Å². The fraction of sp³-hybridized carbons (Fsp3) is 0.909. The number of aliphatic hydroxyl groups excluding tert-OH is 1. The van der Waals surface area contributed by atoms with E-state index in [1.165, 1.54) is 0 Å². The Morgan fingerprint density at radius 3 is 2.88 bits per heavy atom. The van der Waals surface area contributed by atoms with Gasteiger partial charge in [-0.15, -0.1) is 0 Å². The third-order valence-corrected chi connectivity index (χ3v) is 3.09. The van der Waals surface area contributed by atoms with E-state index in [1.807, 2.05) is 6.92 Å². The number of rotatable bonds is 6. The highest BCUT2D eigenvalue weighted by atomic mass is 19.3. The molecule has 100 valence electrons. The second-order valence-corrected chi connectivity index (χ2v) is 4.32. The Morgan fingerprint density at radius 2 is 2.29 bits per heavy atom. The van der Waals surface area contributed by atoms with Gasteiger partial charge in [0.15, 0.2) is 0 Å². The number of aliphatic hydroxyl groups is 1. The summed E-state index contributed by atoms with van der Waals surface area (Å²) in [5, 5.41) is 9.18. The number of carbonyl (C=O) groups is 1. The number of hydrogen-bond donors (Lipinski definition) is 1. The lowest BCUT2D eigenvalue weighted by atomic mass is 10.0. The van der Waals surface area contributed by atoms with Gasteiger partial charge in [-0.05, 0) is 12.3 Å². The molecule has 0 aliphatic carbocycles. The van der Waals surface area contributed by atoms with Gasteiger partial charge in [-0.3, -0.25) is 4.79 Å². The van der Waals surface area contributed by atoms with Crippen LogP contribution in [0.4, 0.5) is 8.78 Å². The summed E-state index contributed by atoms with van der Waals surface area (Å²) in [5.41, 5.74) is 0. The summed E-state index contributed by atoms with van der Waals surface area (Å²) < 4.78 is 28.2. The molecule has 1 N–H and O–H groups in total. The van der Waals surface area contributed by atoms with Crippen LogP contribution in [0.25, 0.3) is 0 Å². The Bertz CT molecular complexity index is 251. The predicted octanol–water partition coefficient (Wildman–Crippen LogP) is 0.887. The molecule has 0 radical (unpaired) electrons. The van der Waals surface area contributed by atoms with Crippen molar-refractivity contribution in [2.75, 3.05) is 26.4 Å². The molecule has 0 aromatic heterocycles. The number of carbonyl (C=O) groups excluding carboxylic acids is 1. The van der Waals surface area contributed by atoms with Gasteiger partial charge in [0.25, 0.3) is 6.43 Å². The quantitative estimate of drug-likeness (QED) is 0.713. The highest BCUT2D eigenvalue weighted by molar-refractivity contribution is 5.77. The van der Waals surface area contributed by atoms with E-state index >= 15 is 0 Å². The molecule has 1 saturated heterocycles. The SMILES string of the molecule is CC1CCN(C(=O)CCOCC(F)F)C1CO. The van der Waals surface area contributed by atoms with Crippen molar-refractivity contribution in [3.05, 3.63) is 0 Å². The maximum absolute atomic E-state index is 11.8. The lowest BCUT2D eigenvalue weighted by Crippen LogP contribution is -2.40. The van der Waals surface area contributed by atoms with E-state index in [9.17, 15) is 18.7 Å². The topological polar surface area (TPSA) is 49.8 Å². The lowest BCUT2D eigenvalue weighted by molar-refractivity contribution is -0.134. The van der Waals surface area contributed by atoms with Crippen molar-refractivity contribution in [2.45, 2.75) is 32.2 Å². The van der Waals surface area contributed by atoms with Gasteiger partial charge in [0.2, 0.25) is 5.91 Å². The van der Waals surface area contributed by atoms with Gasteiger partial charge in [0.1, 0.15) is 6.61 Å². The average Bonchev–Trinajstić information content (AvgIpc) is 2.65. The Hall–Kier alpha value is -0.750. The Labute approximate surface area is 99.5 Å². The summed E-state index contributed by atoms with van der Waals surface area (Å²) in [7, 11) is 0. The molecule has 0 spiro atoms. The van der Waals surface area contributed by atoms with Crippen LogP contribution in [0.3, 0.4) is 0 Å². The Balaban J connectivity index is 2.28. The summed E-state index contributed by atoms with van der Waals surface area (Å²) in [6, 6.07) is -0.141. The molecule has 6 heteroatoms. The van der Waals surface area contributed by atoms with E-state index in [0.717, 1.165) is 6.42 Å².